The highest BCUT2D eigenvalue weighted by molar-refractivity contribution is 6.05. The Morgan fingerprint density at radius 3 is 2.51 bits per heavy atom. The zero-order valence-electron chi connectivity index (χ0n) is 23.3. The van der Waals surface area contributed by atoms with E-state index in [1.807, 2.05) is 12.1 Å². The van der Waals surface area contributed by atoms with Gasteiger partial charge in [0, 0.05) is 61.5 Å². The summed E-state index contributed by atoms with van der Waals surface area (Å²) in [6.45, 7) is 3.40. The van der Waals surface area contributed by atoms with Crippen molar-refractivity contribution in [2.45, 2.75) is 38.6 Å². The van der Waals surface area contributed by atoms with Crippen LogP contribution in [0.25, 0.3) is 0 Å². The Hall–Kier alpha value is -4.82. The number of carbonyl (C=O) groups excluding carboxylic acids is 3. The van der Waals surface area contributed by atoms with Crippen molar-refractivity contribution in [2.75, 3.05) is 31.1 Å². The van der Waals surface area contributed by atoms with Gasteiger partial charge in [-0.05, 0) is 48.4 Å². The minimum absolute atomic E-state index is 0.0194. The second kappa shape index (κ2) is 11.8. The van der Waals surface area contributed by atoms with E-state index in [0.29, 0.717) is 60.7 Å². The molecule has 3 heterocycles. The molecule has 220 valence electrons. The van der Waals surface area contributed by atoms with E-state index in [0.717, 1.165) is 5.69 Å². The summed E-state index contributed by atoms with van der Waals surface area (Å²) in [7, 11) is 0. The Morgan fingerprint density at radius 1 is 0.977 bits per heavy atom. The fourth-order valence-corrected chi connectivity index (χ4v) is 5.86. The topological polar surface area (TPSA) is 106 Å². The molecule has 2 saturated heterocycles. The molecule has 3 aromatic carbocycles. The highest BCUT2D eigenvalue weighted by Crippen LogP contribution is 2.34. The van der Waals surface area contributed by atoms with Crippen molar-refractivity contribution >= 4 is 23.4 Å². The predicted molar refractivity (Wildman–Crippen MR) is 152 cm³/mol. The van der Waals surface area contributed by atoms with Crippen LogP contribution < -0.4 is 15.0 Å². The van der Waals surface area contributed by atoms with Gasteiger partial charge in [0.05, 0.1) is 12.1 Å². The number of halogens is 2. The number of piperazine rings is 1. The number of nitrogens with one attached hydrogen (secondary N) is 1. The first-order chi connectivity index (χ1) is 20.8. The number of carbonyl (C=O) groups is 3. The number of anilines is 1. The fourth-order valence-electron chi connectivity index (χ4n) is 5.86. The van der Waals surface area contributed by atoms with Crippen molar-refractivity contribution < 1.29 is 27.9 Å². The Morgan fingerprint density at radius 2 is 1.79 bits per heavy atom. The van der Waals surface area contributed by atoms with Gasteiger partial charge in [-0.15, -0.1) is 0 Å². The summed E-state index contributed by atoms with van der Waals surface area (Å²) in [4.78, 5) is 42.6. The molecule has 0 bridgehead atoms. The average molecular weight is 586 g/mol. The normalized spacial score (nSPS) is 18.8. The van der Waals surface area contributed by atoms with Gasteiger partial charge in [0.1, 0.15) is 36.1 Å². The van der Waals surface area contributed by atoms with Gasteiger partial charge >= 0.3 is 0 Å². The monoisotopic (exact) mass is 585 g/mol. The third kappa shape index (κ3) is 5.79. The van der Waals surface area contributed by atoms with E-state index in [1.54, 1.807) is 30.3 Å². The van der Waals surface area contributed by atoms with Gasteiger partial charge in [-0.3, -0.25) is 24.6 Å². The first-order valence-electron chi connectivity index (χ1n) is 14.1. The molecule has 1 atom stereocenters. The number of benzene rings is 3. The maximum absolute atomic E-state index is 15.1. The van der Waals surface area contributed by atoms with Crippen molar-refractivity contribution in [1.29, 1.82) is 5.26 Å². The Balaban J connectivity index is 1.05. The van der Waals surface area contributed by atoms with Crippen molar-refractivity contribution in [3.63, 3.8) is 0 Å². The van der Waals surface area contributed by atoms with Crippen LogP contribution in [-0.4, -0.2) is 59.7 Å². The number of nitrogens with zero attached hydrogens (tertiary/aromatic N) is 4. The molecule has 43 heavy (non-hydrogen) atoms. The molecule has 2 fully saturated rings. The molecule has 6 rings (SSSR count). The van der Waals surface area contributed by atoms with Gasteiger partial charge in [-0.25, -0.2) is 8.78 Å². The van der Waals surface area contributed by atoms with Gasteiger partial charge in [0.2, 0.25) is 11.8 Å². The van der Waals surface area contributed by atoms with E-state index in [4.69, 9.17) is 10.00 Å². The molecule has 1 N–H and O–H groups in total. The van der Waals surface area contributed by atoms with Gasteiger partial charge < -0.3 is 14.5 Å². The van der Waals surface area contributed by atoms with Crippen LogP contribution in [0.15, 0.2) is 54.6 Å². The number of ether oxygens (including phenoxy) is 1. The van der Waals surface area contributed by atoms with E-state index in [-0.39, 0.29) is 49.2 Å². The van der Waals surface area contributed by atoms with Crippen LogP contribution in [0.5, 0.6) is 5.75 Å². The maximum atomic E-state index is 15.1. The number of hydrogen-bond donors (Lipinski definition) is 1. The van der Waals surface area contributed by atoms with Crippen LogP contribution in [-0.2, 0) is 29.3 Å². The van der Waals surface area contributed by atoms with Crippen molar-refractivity contribution in [1.82, 2.24) is 15.1 Å². The molecule has 0 aromatic heterocycles. The van der Waals surface area contributed by atoms with Gasteiger partial charge in [0.15, 0.2) is 0 Å². The molecule has 0 spiro atoms. The average Bonchev–Trinajstić information content (AvgIpc) is 3.34. The zero-order valence-corrected chi connectivity index (χ0v) is 23.3. The van der Waals surface area contributed by atoms with Crippen LogP contribution in [0.1, 0.15) is 45.5 Å². The van der Waals surface area contributed by atoms with Crippen molar-refractivity contribution in [3.05, 3.63) is 94.0 Å². The molecule has 9 nitrogen and oxygen atoms in total. The van der Waals surface area contributed by atoms with Crippen LogP contribution >= 0.6 is 0 Å². The van der Waals surface area contributed by atoms with Crippen LogP contribution in [0.3, 0.4) is 0 Å². The lowest BCUT2D eigenvalue weighted by Gasteiger charge is -2.36. The van der Waals surface area contributed by atoms with E-state index < -0.39 is 17.8 Å². The summed E-state index contributed by atoms with van der Waals surface area (Å²) in [5.41, 5.74) is 3.06. The van der Waals surface area contributed by atoms with Crippen LogP contribution in [0.4, 0.5) is 14.5 Å². The van der Waals surface area contributed by atoms with Crippen molar-refractivity contribution in [2.24, 2.45) is 0 Å². The third-order valence-corrected chi connectivity index (χ3v) is 8.26. The summed E-state index contributed by atoms with van der Waals surface area (Å²) in [5.74, 6) is -1.48. The lowest BCUT2D eigenvalue weighted by molar-refractivity contribution is -0.136. The molecule has 0 aliphatic carbocycles. The van der Waals surface area contributed by atoms with E-state index >= 15 is 4.39 Å². The fraction of sp³-hybridized carbons (Fsp3) is 0.312. The van der Waals surface area contributed by atoms with Crippen LogP contribution in [0.2, 0.25) is 0 Å². The molecule has 3 aliphatic heterocycles. The minimum atomic E-state index is -0.714. The molecule has 0 saturated carbocycles. The van der Waals surface area contributed by atoms with Crippen molar-refractivity contribution in [3.8, 4) is 11.8 Å². The summed E-state index contributed by atoms with van der Waals surface area (Å²) >= 11 is 0. The lowest BCUT2D eigenvalue weighted by atomic mass is 10.0. The number of amides is 3. The van der Waals surface area contributed by atoms with E-state index in [2.05, 4.69) is 15.1 Å². The molecular formula is C32H29F2N5O4. The first-order valence-corrected chi connectivity index (χ1v) is 14.1. The number of nitriles is 1. The molecular weight excluding hydrogens is 556 g/mol. The third-order valence-electron chi connectivity index (χ3n) is 8.26. The molecule has 3 aromatic rings. The molecule has 3 aliphatic rings. The Bertz CT molecular complexity index is 1650. The largest absolute Gasteiger partial charge is 0.489 e. The highest BCUT2D eigenvalue weighted by atomic mass is 19.1. The van der Waals surface area contributed by atoms with Gasteiger partial charge in [-0.2, -0.15) is 5.26 Å². The number of imide groups is 1. The molecule has 0 radical (unpaired) electrons. The zero-order chi connectivity index (χ0) is 30.1. The summed E-state index contributed by atoms with van der Waals surface area (Å²) in [6.07, 6.45) is 0.455. The van der Waals surface area contributed by atoms with E-state index in [9.17, 15) is 18.8 Å². The number of fused-ring (bicyclic) bond motifs is 1. The molecule has 3 amide bonds. The second-order valence-corrected chi connectivity index (χ2v) is 10.9. The second-order valence-electron chi connectivity index (χ2n) is 10.9. The van der Waals surface area contributed by atoms with E-state index in [1.165, 1.54) is 23.1 Å². The summed E-state index contributed by atoms with van der Waals surface area (Å²) in [5, 5.41) is 11.2. The SMILES string of the molecule is N#Cc1ccc(N2CCN(Cc3ccc(COc4cccc5c4CN([C@H]4CCC(=O)NC4=O)C5=O)cc3F)CC2)cc1F. The minimum Gasteiger partial charge on any atom is -0.489 e. The lowest BCUT2D eigenvalue weighted by Crippen LogP contribution is -2.52. The highest BCUT2D eigenvalue weighted by Gasteiger charge is 2.40. The predicted octanol–water partition coefficient (Wildman–Crippen LogP) is 3.50. The van der Waals surface area contributed by atoms with Gasteiger partial charge in [0.25, 0.3) is 5.91 Å². The maximum Gasteiger partial charge on any atom is 0.255 e. The standard InChI is InChI=1S/C32H29F2N5O4/c33-26-14-20(4-5-22(26)17-37-10-12-38(13-11-37)23-7-6-21(16-35)27(34)15-23)19-43-29-3-1-2-24-25(29)18-39(32(24)42)28-8-9-30(40)36-31(28)41/h1-7,14-15,28H,8-13,17-19H2,(H,36,40,41)/t28-/m0/s1. The molecule has 11 heteroatoms. The number of hydrogen-bond acceptors (Lipinski definition) is 7. The van der Waals surface area contributed by atoms with Gasteiger partial charge in [-0.1, -0.05) is 18.2 Å². The first kappa shape index (κ1) is 28.3. The summed E-state index contributed by atoms with van der Waals surface area (Å²) < 4.78 is 35.2. The Labute approximate surface area is 247 Å². The Kier molecular flexibility index (Phi) is 7.78. The number of rotatable bonds is 7. The number of piperidine rings is 1. The molecule has 0 unspecified atom stereocenters. The van der Waals surface area contributed by atoms with Crippen LogP contribution in [0, 0.1) is 23.0 Å². The quantitative estimate of drug-likeness (QED) is 0.423. The smallest absolute Gasteiger partial charge is 0.255 e. The summed E-state index contributed by atoms with van der Waals surface area (Å²) in [6, 6.07) is 15.9.